The van der Waals surface area contributed by atoms with Crippen molar-refractivity contribution in [3.8, 4) is 0 Å². The number of nitrogens with zero attached hydrogens (tertiary/aromatic N) is 3. The van der Waals surface area contributed by atoms with Crippen molar-refractivity contribution >= 4 is 46.3 Å². The highest BCUT2D eigenvalue weighted by atomic mass is 32.2. The lowest BCUT2D eigenvalue weighted by molar-refractivity contribution is -0.384. The van der Waals surface area contributed by atoms with E-state index in [1.54, 1.807) is 6.07 Å². The normalized spacial score (nSPS) is 10.4. The van der Waals surface area contributed by atoms with Gasteiger partial charge in [-0.1, -0.05) is 47.0 Å². The molecule has 0 radical (unpaired) electrons. The summed E-state index contributed by atoms with van der Waals surface area (Å²) in [6.07, 6.45) is 1.91. The number of thioether (sulfide) groups is 2. The molecule has 0 aliphatic heterocycles. The summed E-state index contributed by atoms with van der Waals surface area (Å²) < 4.78 is 1.56. The Morgan fingerprint density at radius 2 is 2.15 bits per heavy atom. The molecule has 104 valence electrons. The molecule has 0 saturated carbocycles. The van der Waals surface area contributed by atoms with Gasteiger partial charge < -0.3 is 0 Å². The van der Waals surface area contributed by atoms with Gasteiger partial charge in [0.05, 0.1) is 10.7 Å². The summed E-state index contributed by atoms with van der Waals surface area (Å²) in [5, 5.41) is 18.5. The SMILES string of the molecule is CSc1nnc(SCC(=O)c2cccc([N+](=O)[O-])c2)s1. The predicted molar refractivity (Wildman–Crippen MR) is 79.8 cm³/mol. The molecule has 0 N–H and O–H groups in total. The quantitative estimate of drug-likeness (QED) is 0.348. The largest absolute Gasteiger partial charge is 0.293 e. The van der Waals surface area contributed by atoms with Crippen LogP contribution in [0.4, 0.5) is 5.69 Å². The molecule has 0 amide bonds. The minimum Gasteiger partial charge on any atom is -0.293 e. The first-order valence-corrected chi connectivity index (χ1v) is 8.41. The molecule has 1 aromatic carbocycles. The molecule has 0 fully saturated rings. The fraction of sp³-hybridized carbons (Fsp3) is 0.182. The molecule has 1 heterocycles. The third kappa shape index (κ3) is 3.78. The maximum Gasteiger partial charge on any atom is 0.270 e. The Balaban J connectivity index is 2.01. The smallest absolute Gasteiger partial charge is 0.270 e. The summed E-state index contributed by atoms with van der Waals surface area (Å²) in [5.41, 5.74) is 0.253. The number of nitro benzene ring substituents is 1. The monoisotopic (exact) mass is 327 g/mol. The number of Topliss-reactive ketones (excluding diaryl/α,β-unsaturated/α-hetero) is 1. The van der Waals surface area contributed by atoms with E-state index in [4.69, 9.17) is 0 Å². The average Bonchev–Trinajstić information content (AvgIpc) is 2.93. The van der Waals surface area contributed by atoms with E-state index in [0.29, 0.717) is 9.90 Å². The number of carbonyl (C=O) groups excluding carboxylic acids is 1. The van der Waals surface area contributed by atoms with Crippen molar-refractivity contribution in [3.63, 3.8) is 0 Å². The van der Waals surface area contributed by atoms with Crippen LogP contribution < -0.4 is 0 Å². The molecule has 0 saturated heterocycles. The van der Waals surface area contributed by atoms with Crippen LogP contribution in [0, 0.1) is 10.1 Å². The van der Waals surface area contributed by atoms with E-state index in [1.165, 1.54) is 53.1 Å². The number of hydrogen-bond acceptors (Lipinski definition) is 8. The number of rotatable bonds is 6. The van der Waals surface area contributed by atoms with Crippen molar-refractivity contribution in [1.82, 2.24) is 10.2 Å². The zero-order valence-corrected chi connectivity index (χ0v) is 12.8. The minimum atomic E-state index is -0.514. The first-order chi connectivity index (χ1) is 9.60. The van der Waals surface area contributed by atoms with Crippen LogP contribution in [-0.4, -0.2) is 32.9 Å². The topological polar surface area (TPSA) is 86.0 Å². The summed E-state index contributed by atoms with van der Waals surface area (Å²) in [4.78, 5) is 22.1. The van der Waals surface area contributed by atoms with Gasteiger partial charge >= 0.3 is 0 Å². The molecule has 2 aromatic rings. The van der Waals surface area contributed by atoms with E-state index >= 15 is 0 Å². The molecule has 0 aliphatic rings. The van der Waals surface area contributed by atoms with Gasteiger partial charge in [-0.05, 0) is 6.26 Å². The van der Waals surface area contributed by atoms with Gasteiger partial charge in [0, 0.05) is 17.7 Å². The van der Waals surface area contributed by atoms with E-state index in [0.717, 1.165) is 4.34 Å². The molecule has 9 heteroatoms. The van der Waals surface area contributed by atoms with Gasteiger partial charge in [0.2, 0.25) is 0 Å². The maximum absolute atomic E-state index is 12.0. The summed E-state index contributed by atoms with van der Waals surface area (Å²) in [6, 6.07) is 5.73. The van der Waals surface area contributed by atoms with Gasteiger partial charge in [0.25, 0.3) is 5.69 Å². The number of hydrogen-bond donors (Lipinski definition) is 0. The third-order valence-corrected chi connectivity index (χ3v) is 5.30. The first kappa shape index (κ1) is 14.9. The molecule has 20 heavy (non-hydrogen) atoms. The Kier molecular flexibility index (Phi) is 5.10. The number of aromatic nitrogens is 2. The van der Waals surface area contributed by atoms with E-state index < -0.39 is 4.92 Å². The molecule has 0 spiro atoms. The highest BCUT2D eigenvalue weighted by Crippen LogP contribution is 2.28. The van der Waals surface area contributed by atoms with Crippen LogP contribution >= 0.6 is 34.9 Å². The highest BCUT2D eigenvalue weighted by molar-refractivity contribution is 8.03. The van der Waals surface area contributed by atoms with E-state index in [9.17, 15) is 14.9 Å². The van der Waals surface area contributed by atoms with Crippen LogP contribution in [0.2, 0.25) is 0 Å². The predicted octanol–water partition coefficient (Wildman–Crippen LogP) is 3.14. The lowest BCUT2D eigenvalue weighted by atomic mass is 10.1. The molecular weight excluding hydrogens is 318 g/mol. The Labute approximate surface area is 127 Å². The van der Waals surface area contributed by atoms with Crippen LogP contribution in [-0.2, 0) is 0 Å². The van der Waals surface area contributed by atoms with Gasteiger partial charge in [-0.2, -0.15) is 0 Å². The van der Waals surface area contributed by atoms with Gasteiger partial charge in [-0.25, -0.2) is 0 Å². The lowest BCUT2D eigenvalue weighted by Crippen LogP contribution is -2.03. The number of benzene rings is 1. The fourth-order valence-electron chi connectivity index (χ4n) is 1.34. The van der Waals surface area contributed by atoms with Crippen molar-refractivity contribution in [2.45, 2.75) is 8.68 Å². The summed E-state index contributed by atoms with van der Waals surface area (Å²) >= 11 is 4.20. The number of nitro groups is 1. The number of carbonyl (C=O) groups is 1. The third-order valence-electron chi connectivity index (χ3n) is 2.27. The first-order valence-electron chi connectivity index (χ1n) is 5.38. The Morgan fingerprint density at radius 3 is 2.80 bits per heavy atom. The number of non-ortho nitro benzene ring substituents is 1. The average molecular weight is 327 g/mol. The van der Waals surface area contributed by atoms with Gasteiger partial charge in [-0.15, -0.1) is 10.2 Å². The van der Waals surface area contributed by atoms with Crippen LogP contribution in [0.15, 0.2) is 32.9 Å². The van der Waals surface area contributed by atoms with Crippen molar-refractivity contribution in [2.75, 3.05) is 12.0 Å². The van der Waals surface area contributed by atoms with Crippen LogP contribution in [0.25, 0.3) is 0 Å². The summed E-state index contributed by atoms with van der Waals surface area (Å²) in [7, 11) is 0. The number of ketones is 1. The van der Waals surface area contributed by atoms with Crippen molar-refractivity contribution in [3.05, 3.63) is 39.9 Å². The zero-order chi connectivity index (χ0) is 14.5. The van der Waals surface area contributed by atoms with E-state index in [1.807, 2.05) is 6.26 Å². The molecule has 0 unspecified atom stereocenters. The van der Waals surface area contributed by atoms with Crippen LogP contribution in [0.5, 0.6) is 0 Å². The fourth-order valence-corrected chi connectivity index (χ4v) is 3.67. The Hall–Kier alpha value is -1.45. The minimum absolute atomic E-state index is 0.0820. The van der Waals surface area contributed by atoms with E-state index in [2.05, 4.69) is 10.2 Å². The molecule has 2 rings (SSSR count). The zero-order valence-electron chi connectivity index (χ0n) is 10.3. The Morgan fingerprint density at radius 1 is 1.40 bits per heavy atom. The Bertz CT molecular complexity index is 645. The second kappa shape index (κ2) is 6.82. The van der Waals surface area contributed by atoms with E-state index in [-0.39, 0.29) is 17.2 Å². The second-order valence-electron chi connectivity index (χ2n) is 3.56. The molecular formula is C11H9N3O3S3. The van der Waals surface area contributed by atoms with Crippen LogP contribution in [0.1, 0.15) is 10.4 Å². The van der Waals surface area contributed by atoms with Crippen molar-refractivity contribution < 1.29 is 9.72 Å². The maximum atomic E-state index is 12.0. The summed E-state index contributed by atoms with van der Waals surface area (Å²) in [5.74, 6) is 0.0177. The van der Waals surface area contributed by atoms with Crippen LogP contribution in [0.3, 0.4) is 0 Å². The molecule has 1 aromatic heterocycles. The van der Waals surface area contributed by atoms with Crippen molar-refractivity contribution in [1.29, 1.82) is 0 Å². The molecule has 0 atom stereocenters. The standard InChI is InChI=1S/C11H9N3O3S3/c1-18-10-12-13-11(20-10)19-6-9(15)7-3-2-4-8(5-7)14(16)17/h2-5H,6H2,1H3. The lowest BCUT2D eigenvalue weighted by Gasteiger charge is -1.99. The van der Waals surface area contributed by atoms with Gasteiger partial charge in [0.15, 0.2) is 14.5 Å². The molecule has 0 aliphatic carbocycles. The van der Waals surface area contributed by atoms with Crippen molar-refractivity contribution in [2.24, 2.45) is 0 Å². The molecule has 6 nitrogen and oxygen atoms in total. The van der Waals surface area contributed by atoms with Gasteiger partial charge in [0.1, 0.15) is 0 Å². The molecule has 0 bridgehead atoms. The summed E-state index contributed by atoms with van der Waals surface area (Å²) in [6.45, 7) is 0. The van der Waals surface area contributed by atoms with Gasteiger partial charge in [-0.3, -0.25) is 14.9 Å². The highest BCUT2D eigenvalue weighted by Gasteiger charge is 2.13. The second-order valence-corrected chi connectivity index (χ2v) is 6.81.